The van der Waals surface area contributed by atoms with Crippen molar-refractivity contribution in [2.75, 3.05) is 0 Å². The van der Waals surface area contributed by atoms with Crippen LogP contribution in [0.3, 0.4) is 0 Å². The van der Waals surface area contributed by atoms with Gasteiger partial charge in [0.15, 0.2) is 0 Å². The molecule has 0 saturated heterocycles. The van der Waals surface area contributed by atoms with Crippen LogP contribution in [-0.4, -0.2) is 16.9 Å². The largest absolute Gasteiger partial charge is 0.349 e. The van der Waals surface area contributed by atoms with E-state index in [0.717, 1.165) is 37.0 Å². The highest BCUT2D eigenvalue weighted by atomic mass is 32.1. The Kier molecular flexibility index (Phi) is 4.48. The maximum absolute atomic E-state index is 11.9. The molecule has 0 aromatic carbocycles. The van der Waals surface area contributed by atoms with Crippen LogP contribution in [-0.2, 0) is 4.79 Å². The molecule has 1 N–H and O–H groups in total. The predicted molar refractivity (Wildman–Crippen MR) is 75.0 cm³/mol. The molecule has 1 aromatic heterocycles. The summed E-state index contributed by atoms with van der Waals surface area (Å²) in [4.78, 5) is 22.0. The van der Waals surface area contributed by atoms with Crippen LogP contribution in [0.25, 0.3) is 6.08 Å². The SMILES string of the molecule is N#C/C(=C\c1csc([N+](=O)[O-])c1)C(=O)NC1CCCC1. The number of thiophene rings is 1. The molecule has 1 aromatic rings. The third-order valence-corrected chi connectivity index (χ3v) is 4.05. The maximum atomic E-state index is 11.9. The molecule has 0 atom stereocenters. The second-order valence-corrected chi connectivity index (χ2v) is 5.49. The molecule has 1 aliphatic rings. The summed E-state index contributed by atoms with van der Waals surface area (Å²) in [6, 6.07) is 3.33. The predicted octanol–water partition coefficient (Wildman–Crippen LogP) is 2.62. The summed E-state index contributed by atoms with van der Waals surface area (Å²) in [5, 5.41) is 24.0. The number of rotatable bonds is 4. The van der Waals surface area contributed by atoms with Crippen LogP contribution in [0, 0.1) is 21.4 Å². The molecule has 2 rings (SSSR count). The molecule has 1 aliphatic carbocycles. The van der Waals surface area contributed by atoms with Crippen molar-refractivity contribution in [3.05, 3.63) is 32.7 Å². The third-order valence-electron chi connectivity index (χ3n) is 3.15. The van der Waals surface area contributed by atoms with Crippen molar-refractivity contribution in [3.63, 3.8) is 0 Å². The molecule has 1 amide bonds. The van der Waals surface area contributed by atoms with Gasteiger partial charge in [0, 0.05) is 17.5 Å². The third kappa shape index (κ3) is 3.42. The molecular formula is C13H13N3O3S. The average molecular weight is 291 g/mol. The van der Waals surface area contributed by atoms with Crippen molar-refractivity contribution in [2.45, 2.75) is 31.7 Å². The Hall–Kier alpha value is -2.20. The number of nitriles is 1. The van der Waals surface area contributed by atoms with Gasteiger partial charge in [0.2, 0.25) is 0 Å². The molecule has 20 heavy (non-hydrogen) atoms. The summed E-state index contributed by atoms with van der Waals surface area (Å²) in [5.74, 6) is -0.409. The molecule has 1 fully saturated rings. The normalized spacial score (nSPS) is 15.8. The molecule has 1 saturated carbocycles. The van der Waals surface area contributed by atoms with Gasteiger partial charge in [0.1, 0.15) is 11.6 Å². The van der Waals surface area contributed by atoms with Gasteiger partial charge in [-0.25, -0.2) is 0 Å². The molecule has 6 nitrogen and oxygen atoms in total. The number of hydrogen-bond acceptors (Lipinski definition) is 5. The highest BCUT2D eigenvalue weighted by molar-refractivity contribution is 7.13. The van der Waals surface area contributed by atoms with Crippen LogP contribution < -0.4 is 5.32 Å². The van der Waals surface area contributed by atoms with Crippen LogP contribution in [0.4, 0.5) is 5.00 Å². The van der Waals surface area contributed by atoms with Crippen molar-refractivity contribution < 1.29 is 9.72 Å². The van der Waals surface area contributed by atoms with Gasteiger partial charge in [-0.3, -0.25) is 14.9 Å². The van der Waals surface area contributed by atoms with E-state index < -0.39 is 10.8 Å². The summed E-state index contributed by atoms with van der Waals surface area (Å²) >= 11 is 0.970. The molecule has 0 spiro atoms. The number of carbonyl (C=O) groups excluding carboxylic acids is 1. The minimum Gasteiger partial charge on any atom is -0.349 e. The number of nitrogens with one attached hydrogen (secondary N) is 1. The Balaban J connectivity index is 2.09. The standard InChI is InChI=1S/C13H13N3O3S/c14-7-10(13(17)15-11-3-1-2-4-11)5-9-6-12(16(18)19)20-8-9/h5-6,8,11H,1-4H2,(H,15,17)/b10-5+. The van der Waals surface area contributed by atoms with E-state index in [2.05, 4.69) is 5.32 Å². The Morgan fingerprint density at radius 1 is 1.55 bits per heavy atom. The average Bonchev–Trinajstić information content (AvgIpc) is 3.06. The van der Waals surface area contributed by atoms with Crippen LogP contribution in [0.1, 0.15) is 31.2 Å². The van der Waals surface area contributed by atoms with Gasteiger partial charge in [0.05, 0.1) is 4.92 Å². The van der Waals surface area contributed by atoms with Gasteiger partial charge in [-0.15, -0.1) is 0 Å². The fourth-order valence-corrected chi connectivity index (χ4v) is 2.84. The first-order valence-corrected chi connectivity index (χ1v) is 7.13. The zero-order chi connectivity index (χ0) is 14.5. The number of nitro groups is 1. The Morgan fingerprint density at radius 2 is 2.25 bits per heavy atom. The highest BCUT2D eigenvalue weighted by Crippen LogP contribution is 2.24. The second kappa shape index (κ2) is 6.30. The van der Waals surface area contributed by atoms with E-state index in [4.69, 9.17) is 5.26 Å². The Morgan fingerprint density at radius 3 is 2.80 bits per heavy atom. The fourth-order valence-electron chi connectivity index (χ4n) is 2.16. The van der Waals surface area contributed by atoms with Gasteiger partial charge in [-0.05, 0) is 24.5 Å². The smallest absolute Gasteiger partial charge is 0.324 e. The van der Waals surface area contributed by atoms with Gasteiger partial charge in [0.25, 0.3) is 5.91 Å². The lowest BCUT2D eigenvalue weighted by Gasteiger charge is -2.10. The lowest BCUT2D eigenvalue weighted by atomic mass is 10.1. The van der Waals surface area contributed by atoms with Crippen LogP contribution >= 0.6 is 11.3 Å². The van der Waals surface area contributed by atoms with E-state index >= 15 is 0 Å². The molecule has 7 heteroatoms. The zero-order valence-electron chi connectivity index (χ0n) is 10.7. The van der Waals surface area contributed by atoms with Crippen molar-refractivity contribution in [1.29, 1.82) is 5.26 Å². The minimum atomic E-state index is -0.493. The number of nitrogens with zero attached hydrogens (tertiary/aromatic N) is 2. The first-order chi connectivity index (χ1) is 9.60. The number of amides is 1. The van der Waals surface area contributed by atoms with E-state index in [1.165, 1.54) is 12.1 Å². The molecule has 0 bridgehead atoms. The zero-order valence-corrected chi connectivity index (χ0v) is 11.5. The maximum Gasteiger partial charge on any atom is 0.324 e. The van der Waals surface area contributed by atoms with Gasteiger partial charge in [-0.1, -0.05) is 24.2 Å². The van der Waals surface area contributed by atoms with Crippen LogP contribution in [0.5, 0.6) is 0 Å². The van der Waals surface area contributed by atoms with E-state index in [-0.39, 0.29) is 16.6 Å². The summed E-state index contributed by atoms with van der Waals surface area (Å²) in [5.41, 5.74) is 0.476. The Labute approximate surface area is 119 Å². The molecule has 0 aliphatic heterocycles. The van der Waals surface area contributed by atoms with Crippen molar-refractivity contribution >= 4 is 28.3 Å². The summed E-state index contributed by atoms with van der Waals surface area (Å²) in [6.45, 7) is 0. The van der Waals surface area contributed by atoms with E-state index in [1.807, 2.05) is 6.07 Å². The van der Waals surface area contributed by atoms with Gasteiger partial charge < -0.3 is 5.32 Å². The second-order valence-electron chi connectivity index (χ2n) is 4.60. The van der Waals surface area contributed by atoms with Crippen molar-refractivity contribution in [1.82, 2.24) is 5.32 Å². The summed E-state index contributed by atoms with van der Waals surface area (Å²) in [7, 11) is 0. The fraction of sp³-hybridized carbons (Fsp3) is 0.385. The summed E-state index contributed by atoms with van der Waals surface area (Å²) < 4.78 is 0. The molecule has 0 radical (unpaired) electrons. The van der Waals surface area contributed by atoms with E-state index in [1.54, 1.807) is 5.38 Å². The first kappa shape index (κ1) is 14.2. The number of carbonyl (C=O) groups is 1. The number of hydrogen-bond donors (Lipinski definition) is 1. The first-order valence-electron chi connectivity index (χ1n) is 6.25. The van der Waals surface area contributed by atoms with E-state index in [9.17, 15) is 14.9 Å². The summed E-state index contributed by atoms with van der Waals surface area (Å²) in [6.07, 6.45) is 5.44. The van der Waals surface area contributed by atoms with Gasteiger partial charge in [-0.2, -0.15) is 5.26 Å². The van der Waals surface area contributed by atoms with E-state index in [0.29, 0.717) is 5.56 Å². The lowest BCUT2D eigenvalue weighted by Crippen LogP contribution is -2.33. The topological polar surface area (TPSA) is 96.0 Å². The van der Waals surface area contributed by atoms with Crippen LogP contribution in [0.15, 0.2) is 17.0 Å². The van der Waals surface area contributed by atoms with Crippen molar-refractivity contribution in [2.24, 2.45) is 0 Å². The molecule has 0 unspecified atom stereocenters. The van der Waals surface area contributed by atoms with Crippen LogP contribution in [0.2, 0.25) is 0 Å². The highest BCUT2D eigenvalue weighted by Gasteiger charge is 2.19. The molecule has 1 heterocycles. The van der Waals surface area contributed by atoms with Gasteiger partial charge >= 0.3 is 5.00 Å². The monoisotopic (exact) mass is 291 g/mol. The van der Waals surface area contributed by atoms with Crippen molar-refractivity contribution in [3.8, 4) is 6.07 Å². The molecular weight excluding hydrogens is 278 g/mol. The molecule has 104 valence electrons. The lowest BCUT2D eigenvalue weighted by molar-refractivity contribution is -0.380. The minimum absolute atomic E-state index is 0.00950. The Bertz CT molecular complexity index is 594. The quantitative estimate of drug-likeness (QED) is 0.399.